The second-order valence-corrected chi connectivity index (χ2v) is 9.98. The minimum absolute atomic E-state index is 0.937. The number of hydrogen-bond donors (Lipinski definition) is 0. The van der Waals surface area contributed by atoms with Crippen LogP contribution in [0.5, 0.6) is 0 Å². The molecule has 0 aliphatic heterocycles. The molecule has 0 unspecified atom stereocenters. The molecule has 1 heteroatoms. The molecular formula is C30H45N. The first-order valence-electron chi connectivity index (χ1n) is 13.3. The molecule has 0 N–H and O–H groups in total. The van der Waals surface area contributed by atoms with Crippen LogP contribution in [0.2, 0.25) is 0 Å². The fraction of sp³-hybridized carbons (Fsp3) is 0.633. The zero-order valence-corrected chi connectivity index (χ0v) is 20.2. The second-order valence-electron chi connectivity index (χ2n) is 9.98. The molecule has 1 aromatic carbocycles. The summed E-state index contributed by atoms with van der Waals surface area (Å²) in [5.74, 6) is 1.96. The van der Waals surface area contributed by atoms with Crippen molar-refractivity contribution >= 4 is 0 Å². The van der Waals surface area contributed by atoms with E-state index in [4.69, 9.17) is 4.98 Å². The van der Waals surface area contributed by atoms with Crippen LogP contribution in [0.15, 0.2) is 42.6 Å². The lowest BCUT2D eigenvalue weighted by Gasteiger charge is -2.28. The average Bonchev–Trinajstić information content (AvgIpc) is 2.83. The molecule has 170 valence electrons. The van der Waals surface area contributed by atoms with E-state index < -0.39 is 0 Å². The molecule has 1 aliphatic carbocycles. The van der Waals surface area contributed by atoms with E-state index in [0.29, 0.717) is 0 Å². The third-order valence-corrected chi connectivity index (χ3v) is 7.42. The number of benzene rings is 1. The maximum atomic E-state index is 4.78. The van der Waals surface area contributed by atoms with E-state index in [1.165, 1.54) is 113 Å². The van der Waals surface area contributed by atoms with Crippen molar-refractivity contribution in [2.24, 2.45) is 11.8 Å². The zero-order valence-electron chi connectivity index (χ0n) is 20.2. The Morgan fingerprint density at radius 1 is 0.645 bits per heavy atom. The molecule has 1 saturated carbocycles. The molecule has 2 aromatic rings. The Bertz CT molecular complexity index is 707. The Morgan fingerprint density at radius 3 is 1.94 bits per heavy atom. The molecule has 0 spiro atoms. The van der Waals surface area contributed by atoms with Crippen LogP contribution in [0.3, 0.4) is 0 Å². The molecule has 3 rings (SSSR count). The van der Waals surface area contributed by atoms with Crippen molar-refractivity contribution in [2.45, 2.75) is 110 Å². The highest BCUT2D eigenvalue weighted by Gasteiger charge is 2.20. The number of aryl methyl sites for hydroxylation is 2. The van der Waals surface area contributed by atoms with Crippen LogP contribution in [-0.2, 0) is 12.8 Å². The van der Waals surface area contributed by atoms with Gasteiger partial charge in [-0.3, -0.25) is 4.98 Å². The van der Waals surface area contributed by atoms with Crippen molar-refractivity contribution in [3.8, 4) is 11.3 Å². The minimum atomic E-state index is 0.937. The molecule has 0 saturated heterocycles. The Hall–Kier alpha value is -1.63. The lowest BCUT2D eigenvalue weighted by Crippen LogP contribution is -2.15. The third kappa shape index (κ3) is 8.43. The van der Waals surface area contributed by atoms with Crippen LogP contribution >= 0.6 is 0 Å². The van der Waals surface area contributed by atoms with E-state index in [1.807, 2.05) is 0 Å². The van der Waals surface area contributed by atoms with E-state index in [1.54, 1.807) is 0 Å². The number of rotatable bonds is 13. The number of hydrogen-bond acceptors (Lipinski definition) is 1. The van der Waals surface area contributed by atoms with E-state index in [2.05, 4.69) is 56.4 Å². The van der Waals surface area contributed by atoms with E-state index >= 15 is 0 Å². The maximum absolute atomic E-state index is 4.78. The van der Waals surface area contributed by atoms with Gasteiger partial charge in [-0.25, -0.2) is 0 Å². The molecule has 31 heavy (non-hydrogen) atoms. The zero-order chi connectivity index (χ0) is 21.7. The van der Waals surface area contributed by atoms with Gasteiger partial charge in [-0.05, 0) is 54.7 Å². The van der Waals surface area contributed by atoms with Crippen LogP contribution < -0.4 is 0 Å². The summed E-state index contributed by atoms with van der Waals surface area (Å²) in [6, 6.07) is 13.6. The first-order chi connectivity index (χ1) is 15.3. The van der Waals surface area contributed by atoms with Crippen molar-refractivity contribution in [1.82, 2.24) is 4.98 Å². The maximum Gasteiger partial charge on any atom is 0.0702 e. The van der Waals surface area contributed by atoms with Crippen molar-refractivity contribution in [3.05, 3.63) is 53.7 Å². The Morgan fingerprint density at radius 2 is 1.29 bits per heavy atom. The summed E-state index contributed by atoms with van der Waals surface area (Å²) in [5, 5.41) is 0. The summed E-state index contributed by atoms with van der Waals surface area (Å²) in [5.41, 5.74) is 5.21. The highest BCUT2D eigenvalue weighted by molar-refractivity contribution is 5.59. The van der Waals surface area contributed by atoms with Gasteiger partial charge in [-0.2, -0.15) is 0 Å². The van der Waals surface area contributed by atoms with Gasteiger partial charge in [-0.15, -0.1) is 0 Å². The van der Waals surface area contributed by atoms with Gasteiger partial charge in [0.25, 0.3) is 0 Å². The summed E-state index contributed by atoms with van der Waals surface area (Å²) >= 11 is 0. The molecule has 1 aliphatic rings. The largest absolute Gasteiger partial charge is 0.256 e. The van der Waals surface area contributed by atoms with E-state index in [-0.39, 0.29) is 0 Å². The van der Waals surface area contributed by atoms with Gasteiger partial charge in [0.1, 0.15) is 0 Å². The highest BCUT2D eigenvalue weighted by Crippen LogP contribution is 2.34. The van der Waals surface area contributed by atoms with Crippen molar-refractivity contribution in [2.75, 3.05) is 0 Å². The number of nitrogens with zero attached hydrogens (tertiary/aromatic N) is 1. The van der Waals surface area contributed by atoms with Gasteiger partial charge in [0.2, 0.25) is 0 Å². The molecule has 1 aromatic heterocycles. The first-order valence-corrected chi connectivity index (χ1v) is 13.3. The third-order valence-electron chi connectivity index (χ3n) is 7.42. The van der Waals surface area contributed by atoms with Gasteiger partial charge < -0.3 is 0 Å². The molecule has 0 amide bonds. The number of pyridine rings is 1. The fourth-order valence-corrected chi connectivity index (χ4v) is 5.19. The lowest BCUT2D eigenvalue weighted by atomic mass is 9.78. The van der Waals surface area contributed by atoms with Gasteiger partial charge in [-0.1, -0.05) is 115 Å². The second kappa shape index (κ2) is 13.7. The van der Waals surface area contributed by atoms with Crippen LogP contribution in [0.25, 0.3) is 11.3 Å². The van der Waals surface area contributed by atoms with Crippen molar-refractivity contribution in [3.63, 3.8) is 0 Å². The Kier molecular flexibility index (Phi) is 10.6. The topological polar surface area (TPSA) is 12.9 Å². The molecule has 1 fully saturated rings. The molecular weight excluding hydrogens is 374 g/mol. The van der Waals surface area contributed by atoms with E-state index in [9.17, 15) is 0 Å². The first kappa shape index (κ1) is 24.0. The quantitative estimate of drug-likeness (QED) is 0.295. The normalized spacial score (nSPS) is 18.9. The summed E-state index contributed by atoms with van der Waals surface area (Å²) in [7, 11) is 0. The van der Waals surface area contributed by atoms with Crippen LogP contribution in [-0.4, -0.2) is 4.98 Å². The monoisotopic (exact) mass is 419 g/mol. The number of aromatic nitrogens is 1. The smallest absolute Gasteiger partial charge is 0.0702 e. The van der Waals surface area contributed by atoms with Crippen molar-refractivity contribution in [1.29, 1.82) is 0 Å². The summed E-state index contributed by atoms with van der Waals surface area (Å²) in [4.78, 5) is 4.78. The van der Waals surface area contributed by atoms with Crippen LogP contribution in [0, 0.1) is 11.8 Å². The van der Waals surface area contributed by atoms with Crippen molar-refractivity contribution < 1.29 is 0 Å². The predicted molar refractivity (Wildman–Crippen MR) is 135 cm³/mol. The Balaban J connectivity index is 1.40. The van der Waals surface area contributed by atoms with Gasteiger partial charge in [0.05, 0.1) is 5.69 Å². The summed E-state index contributed by atoms with van der Waals surface area (Å²) in [6.07, 6.45) is 22.7. The van der Waals surface area contributed by atoms with Crippen LogP contribution in [0.4, 0.5) is 0 Å². The minimum Gasteiger partial charge on any atom is -0.256 e. The Labute approximate surface area is 192 Å². The van der Waals surface area contributed by atoms with Gasteiger partial charge >= 0.3 is 0 Å². The molecule has 0 bridgehead atoms. The molecule has 0 radical (unpaired) electrons. The summed E-state index contributed by atoms with van der Waals surface area (Å²) < 4.78 is 0. The summed E-state index contributed by atoms with van der Waals surface area (Å²) in [6.45, 7) is 4.59. The molecule has 0 atom stereocenters. The molecule has 1 heterocycles. The fourth-order valence-electron chi connectivity index (χ4n) is 5.19. The average molecular weight is 420 g/mol. The van der Waals surface area contributed by atoms with Crippen LogP contribution in [0.1, 0.15) is 108 Å². The van der Waals surface area contributed by atoms with Gasteiger partial charge in [0.15, 0.2) is 0 Å². The van der Waals surface area contributed by atoms with Gasteiger partial charge in [0, 0.05) is 11.8 Å². The lowest BCUT2D eigenvalue weighted by molar-refractivity contribution is 0.250. The highest BCUT2D eigenvalue weighted by atomic mass is 14.7. The molecule has 1 nitrogen and oxygen atoms in total. The number of unbranched alkanes of at least 4 members (excludes halogenated alkanes) is 5. The predicted octanol–water partition coefficient (Wildman–Crippen LogP) is 9.19. The standard InChI is InChI=1S/C30H45N/c1-3-5-7-8-9-11-26-18-21-29(22-19-26)30-23-20-28(24-31-30)17-16-27-14-12-25(13-15-27)10-6-4-2/h18-25,27H,3-17H2,1-2H3. The SMILES string of the molecule is CCCCCCCc1ccc(-c2ccc(CCC3CCC(CCCC)CC3)cn2)cc1. The van der Waals surface area contributed by atoms with E-state index in [0.717, 1.165) is 17.5 Å².